The zero-order valence-electron chi connectivity index (χ0n) is 16.9. The molecule has 154 valence electrons. The first kappa shape index (κ1) is 19.1. The average molecular weight is 400 g/mol. The first-order valence-electron chi connectivity index (χ1n) is 9.29. The van der Waals surface area contributed by atoms with Crippen LogP contribution in [-0.4, -0.2) is 34.7 Å². The Balaban J connectivity index is 1.77. The van der Waals surface area contributed by atoms with E-state index in [1.807, 2.05) is 18.2 Å². The summed E-state index contributed by atoms with van der Waals surface area (Å²) in [4.78, 5) is 0. The van der Waals surface area contributed by atoms with Crippen LogP contribution in [0.3, 0.4) is 0 Å². The molecule has 0 aromatic heterocycles. The molecule has 0 saturated carbocycles. The van der Waals surface area contributed by atoms with Crippen LogP contribution in [0.4, 0.5) is 0 Å². The van der Waals surface area contributed by atoms with Crippen molar-refractivity contribution < 1.29 is 33.2 Å². The predicted molar refractivity (Wildman–Crippen MR) is 106 cm³/mol. The third-order valence-corrected chi connectivity index (χ3v) is 5.15. The number of methoxy groups -OCH3 is 3. The first-order chi connectivity index (χ1) is 14.1. The topological polar surface area (TPSA) is 64.6 Å². The van der Waals surface area contributed by atoms with Crippen LogP contribution in [0.5, 0.6) is 40.2 Å². The van der Waals surface area contributed by atoms with Gasteiger partial charge in [0, 0.05) is 17.0 Å². The number of benzene rings is 2. The molecule has 2 atom stereocenters. The lowest BCUT2D eigenvalue weighted by Gasteiger charge is -2.18. The minimum absolute atomic E-state index is 0.0336. The normalized spacial score (nSPS) is 18.6. The molecular weight excluding hydrogens is 376 g/mol. The molecule has 4 rings (SSSR count). The van der Waals surface area contributed by atoms with Crippen LogP contribution in [0.25, 0.3) is 0 Å². The molecule has 7 heteroatoms. The van der Waals surface area contributed by atoms with Gasteiger partial charge < -0.3 is 33.2 Å². The fourth-order valence-electron chi connectivity index (χ4n) is 3.76. The molecule has 2 heterocycles. The van der Waals surface area contributed by atoms with E-state index in [4.69, 9.17) is 33.2 Å². The van der Waals surface area contributed by atoms with Gasteiger partial charge in [-0.05, 0) is 18.2 Å². The minimum Gasteiger partial charge on any atom is -0.493 e. The molecule has 0 spiro atoms. The molecule has 2 aliphatic rings. The summed E-state index contributed by atoms with van der Waals surface area (Å²) in [5.41, 5.74) is 1.90. The molecule has 0 bridgehead atoms. The number of rotatable bonds is 7. The van der Waals surface area contributed by atoms with Gasteiger partial charge in [-0.3, -0.25) is 0 Å². The molecule has 0 unspecified atom stereocenters. The van der Waals surface area contributed by atoms with Gasteiger partial charge in [0.15, 0.2) is 23.0 Å². The number of fused-ring (bicyclic) bond motifs is 2. The SMILES string of the molecule is C=CCOc1c(OC)cc2c(c1OC)O[C@@H](c1cc(OC)c3c(c1)OCO3)[C@H]2C. The average Bonchev–Trinajstić information content (AvgIpc) is 3.34. The predicted octanol–water partition coefficient (Wildman–Crippen LogP) is 4.24. The Morgan fingerprint density at radius 2 is 1.79 bits per heavy atom. The molecule has 0 aliphatic carbocycles. The number of hydrogen-bond donors (Lipinski definition) is 0. The van der Waals surface area contributed by atoms with Crippen LogP contribution >= 0.6 is 0 Å². The van der Waals surface area contributed by atoms with Gasteiger partial charge in [0.05, 0.1) is 21.3 Å². The second-order valence-corrected chi connectivity index (χ2v) is 6.74. The summed E-state index contributed by atoms with van der Waals surface area (Å²) in [6.45, 7) is 6.29. The van der Waals surface area contributed by atoms with E-state index in [1.54, 1.807) is 27.4 Å². The molecule has 2 aromatic carbocycles. The van der Waals surface area contributed by atoms with E-state index in [9.17, 15) is 0 Å². The van der Waals surface area contributed by atoms with E-state index in [0.29, 0.717) is 46.9 Å². The zero-order chi connectivity index (χ0) is 20.5. The lowest BCUT2D eigenvalue weighted by atomic mass is 9.92. The van der Waals surface area contributed by atoms with E-state index >= 15 is 0 Å². The van der Waals surface area contributed by atoms with Gasteiger partial charge in [-0.1, -0.05) is 19.6 Å². The molecule has 7 nitrogen and oxygen atoms in total. The van der Waals surface area contributed by atoms with E-state index in [1.165, 1.54) is 0 Å². The van der Waals surface area contributed by atoms with Crippen molar-refractivity contribution in [3.8, 4) is 40.2 Å². The molecule has 29 heavy (non-hydrogen) atoms. The van der Waals surface area contributed by atoms with Crippen LogP contribution in [0.2, 0.25) is 0 Å². The van der Waals surface area contributed by atoms with Crippen molar-refractivity contribution in [2.24, 2.45) is 0 Å². The van der Waals surface area contributed by atoms with Crippen molar-refractivity contribution in [1.29, 1.82) is 0 Å². The molecule has 0 saturated heterocycles. The lowest BCUT2D eigenvalue weighted by molar-refractivity contribution is 0.171. The summed E-state index contributed by atoms with van der Waals surface area (Å²) in [5, 5.41) is 0. The van der Waals surface area contributed by atoms with Crippen LogP contribution in [0.1, 0.15) is 30.1 Å². The first-order valence-corrected chi connectivity index (χ1v) is 9.29. The Morgan fingerprint density at radius 3 is 2.48 bits per heavy atom. The van der Waals surface area contributed by atoms with Crippen LogP contribution in [0.15, 0.2) is 30.9 Å². The van der Waals surface area contributed by atoms with Crippen molar-refractivity contribution in [2.75, 3.05) is 34.7 Å². The zero-order valence-corrected chi connectivity index (χ0v) is 16.9. The highest BCUT2D eigenvalue weighted by atomic mass is 16.7. The summed E-state index contributed by atoms with van der Waals surface area (Å²) < 4.78 is 39.9. The molecule has 2 aliphatic heterocycles. The van der Waals surface area contributed by atoms with Crippen molar-refractivity contribution >= 4 is 0 Å². The van der Waals surface area contributed by atoms with E-state index in [2.05, 4.69) is 13.5 Å². The Morgan fingerprint density at radius 1 is 1.00 bits per heavy atom. The van der Waals surface area contributed by atoms with Crippen molar-refractivity contribution in [3.63, 3.8) is 0 Å². The van der Waals surface area contributed by atoms with Gasteiger partial charge in [-0.15, -0.1) is 0 Å². The monoisotopic (exact) mass is 400 g/mol. The fourth-order valence-corrected chi connectivity index (χ4v) is 3.76. The Hall–Kier alpha value is -3.22. The maximum absolute atomic E-state index is 6.37. The second-order valence-electron chi connectivity index (χ2n) is 6.74. The molecule has 2 aromatic rings. The number of ether oxygens (including phenoxy) is 7. The number of hydrogen-bond acceptors (Lipinski definition) is 7. The Kier molecular flexibility index (Phi) is 5.05. The third-order valence-electron chi connectivity index (χ3n) is 5.15. The highest BCUT2D eigenvalue weighted by Gasteiger charge is 2.38. The largest absolute Gasteiger partial charge is 0.493 e. The van der Waals surface area contributed by atoms with Crippen molar-refractivity contribution in [2.45, 2.75) is 18.9 Å². The summed E-state index contributed by atoms with van der Waals surface area (Å²) in [6, 6.07) is 5.78. The minimum atomic E-state index is -0.262. The van der Waals surface area contributed by atoms with Crippen molar-refractivity contribution in [1.82, 2.24) is 0 Å². The van der Waals surface area contributed by atoms with Crippen LogP contribution in [0, 0.1) is 0 Å². The standard InChI is InChI=1S/C22H24O7/c1-6-7-26-21-16(24-4)10-14-12(2)18(29-19(14)22(21)25-5)13-8-15(23-3)20-17(9-13)27-11-28-20/h6,8-10,12,18H,1,7,11H2,2-5H3/t12-,18+/m0/s1. The van der Waals surface area contributed by atoms with Crippen LogP contribution < -0.4 is 33.2 Å². The fraction of sp³-hybridized carbons (Fsp3) is 0.364. The van der Waals surface area contributed by atoms with Crippen molar-refractivity contribution in [3.05, 3.63) is 42.0 Å². The summed E-state index contributed by atoms with van der Waals surface area (Å²) in [7, 11) is 4.79. The van der Waals surface area contributed by atoms with E-state index in [-0.39, 0.29) is 18.8 Å². The van der Waals surface area contributed by atoms with E-state index < -0.39 is 0 Å². The molecule has 0 fully saturated rings. The summed E-state index contributed by atoms with van der Waals surface area (Å²) in [6.07, 6.45) is 1.40. The van der Waals surface area contributed by atoms with Crippen LogP contribution in [-0.2, 0) is 0 Å². The van der Waals surface area contributed by atoms with Gasteiger partial charge in [-0.2, -0.15) is 0 Å². The summed E-state index contributed by atoms with van der Waals surface area (Å²) >= 11 is 0. The molecule has 0 amide bonds. The highest BCUT2D eigenvalue weighted by molar-refractivity contribution is 5.66. The quantitative estimate of drug-likeness (QED) is 0.644. The summed E-state index contributed by atoms with van der Waals surface area (Å²) in [5.74, 6) is 4.12. The maximum Gasteiger partial charge on any atom is 0.231 e. The van der Waals surface area contributed by atoms with Gasteiger partial charge >= 0.3 is 0 Å². The lowest BCUT2D eigenvalue weighted by Crippen LogP contribution is -2.07. The molecular formula is C22H24O7. The van der Waals surface area contributed by atoms with Gasteiger partial charge in [0.25, 0.3) is 0 Å². The molecule has 0 N–H and O–H groups in total. The Labute approximate surface area is 169 Å². The van der Waals surface area contributed by atoms with Gasteiger partial charge in [0.1, 0.15) is 12.7 Å². The third kappa shape index (κ3) is 3.06. The van der Waals surface area contributed by atoms with E-state index in [0.717, 1.165) is 11.1 Å². The van der Waals surface area contributed by atoms with Gasteiger partial charge in [0.2, 0.25) is 24.0 Å². The second kappa shape index (κ2) is 7.66. The highest BCUT2D eigenvalue weighted by Crippen LogP contribution is 2.57. The Bertz CT molecular complexity index is 937. The molecule has 0 radical (unpaired) electrons. The smallest absolute Gasteiger partial charge is 0.231 e. The maximum atomic E-state index is 6.37. The van der Waals surface area contributed by atoms with Gasteiger partial charge in [-0.25, -0.2) is 0 Å².